The van der Waals surface area contributed by atoms with E-state index in [1.165, 1.54) is 12.5 Å². The normalized spacial score (nSPS) is 19.8. The Morgan fingerprint density at radius 2 is 2.00 bits per heavy atom. The number of carbonyl (C=O) groups is 1. The fraction of sp³-hybridized carbons (Fsp3) is 0.533. The maximum atomic E-state index is 11.7. The largest absolute Gasteiger partial charge is 0.508 e. The molecule has 1 aliphatic carbocycles. The third-order valence-electron chi connectivity index (χ3n) is 3.95. The molecule has 0 amide bonds. The Bertz CT molecular complexity index is 454. The van der Waals surface area contributed by atoms with E-state index < -0.39 is 11.5 Å². The molecule has 1 atom stereocenters. The summed E-state index contributed by atoms with van der Waals surface area (Å²) in [6.07, 6.45) is 5.55. The van der Waals surface area contributed by atoms with E-state index in [-0.39, 0.29) is 11.8 Å². The van der Waals surface area contributed by atoms with E-state index in [1.807, 2.05) is 0 Å². The van der Waals surface area contributed by atoms with Crippen LogP contribution in [0.3, 0.4) is 0 Å². The molecule has 1 aromatic carbocycles. The van der Waals surface area contributed by atoms with Gasteiger partial charge in [-0.05, 0) is 37.5 Å². The highest BCUT2D eigenvalue weighted by molar-refractivity contribution is 5.80. The highest BCUT2D eigenvalue weighted by Crippen LogP contribution is 2.28. The number of nitrogens with one attached hydrogen (secondary N) is 1. The fourth-order valence-corrected chi connectivity index (χ4v) is 2.74. The summed E-state index contributed by atoms with van der Waals surface area (Å²) in [4.78, 5) is 11.7. The molecule has 0 aromatic heterocycles. The zero-order valence-corrected chi connectivity index (χ0v) is 11.2. The molecule has 1 unspecified atom stereocenters. The monoisotopic (exact) mass is 263 g/mol. The molecule has 1 saturated carbocycles. The number of carboxylic acids is 1. The van der Waals surface area contributed by atoms with E-state index in [2.05, 4.69) is 5.32 Å². The van der Waals surface area contributed by atoms with Gasteiger partial charge < -0.3 is 10.2 Å². The van der Waals surface area contributed by atoms with E-state index in [1.54, 1.807) is 25.1 Å². The molecule has 4 heteroatoms. The Balaban J connectivity index is 2.24. The minimum absolute atomic E-state index is 0.0930. The molecule has 0 heterocycles. The molecule has 104 valence electrons. The number of benzene rings is 1. The molecule has 3 N–H and O–H groups in total. The molecule has 2 rings (SSSR count). The lowest BCUT2D eigenvalue weighted by Crippen LogP contribution is -2.51. The van der Waals surface area contributed by atoms with Crippen molar-refractivity contribution in [3.05, 3.63) is 29.8 Å². The number of phenols is 1. The first-order valence-corrected chi connectivity index (χ1v) is 6.83. The molecule has 0 bridgehead atoms. The van der Waals surface area contributed by atoms with E-state index in [0.717, 1.165) is 25.7 Å². The number of aromatic hydroxyl groups is 1. The van der Waals surface area contributed by atoms with Gasteiger partial charge in [-0.1, -0.05) is 31.4 Å². The second-order valence-electron chi connectivity index (χ2n) is 5.46. The van der Waals surface area contributed by atoms with Crippen LogP contribution in [-0.4, -0.2) is 22.2 Å². The van der Waals surface area contributed by atoms with Gasteiger partial charge in [-0.3, -0.25) is 5.32 Å². The zero-order chi connectivity index (χ0) is 13.9. The van der Waals surface area contributed by atoms with Crippen LogP contribution in [0.4, 0.5) is 0 Å². The highest BCUT2D eigenvalue weighted by Gasteiger charge is 2.37. The van der Waals surface area contributed by atoms with Crippen LogP contribution < -0.4 is 5.32 Å². The van der Waals surface area contributed by atoms with Gasteiger partial charge in [0.1, 0.15) is 11.3 Å². The first-order valence-electron chi connectivity index (χ1n) is 6.83. The van der Waals surface area contributed by atoms with Crippen LogP contribution in [0.1, 0.15) is 44.6 Å². The molecule has 4 nitrogen and oxygen atoms in total. The zero-order valence-electron chi connectivity index (χ0n) is 11.2. The van der Waals surface area contributed by atoms with Crippen molar-refractivity contribution in [1.82, 2.24) is 5.32 Å². The average Bonchev–Trinajstić information content (AvgIpc) is 2.39. The topological polar surface area (TPSA) is 69.6 Å². The minimum atomic E-state index is -1.15. The van der Waals surface area contributed by atoms with Gasteiger partial charge >= 0.3 is 5.97 Å². The van der Waals surface area contributed by atoms with Crippen molar-refractivity contribution in [2.75, 3.05) is 0 Å². The summed E-state index contributed by atoms with van der Waals surface area (Å²) in [6.45, 7) is 1.67. The molecule has 1 fully saturated rings. The van der Waals surface area contributed by atoms with Gasteiger partial charge in [0.25, 0.3) is 0 Å². The molecule has 0 aliphatic heterocycles. The maximum Gasteiger partial charge on any atom is 0.328 e. The van der Waals surface area contributed by atoms with Gasteiger partial charge in [-0.2, -0.15) is 0 Å². The maximum absolute atomic E-state index is 11.7. The summed E-state index contributed by atoms with van der Waals surface area (Å²) >= 11 is 0. The molecular weight excluding hydrogens is 242 g/mol. The first-order chi connectivity index (χ1) is 9.02. The lowest BCUT2D eigenvalue weighted by molar-refractivity contribution is -0.145. The van der Waals surface area contributed by atoms with Gasteiger partial charge in [0.2, 0.25) is 0 Å². The average molecular weight is 263 g/mol. The lowest BCUT2D eigenvalue weighted by atomic mass is 9.87. The molecule has 19 heavy (non-hydrogen) atoms. The SMILES string of the molecule is CC(NC1CCCCC1)(C(=O)O)c1cccc(O)c1. The van der Waals surface area contributed by atoms with E-state index >= 15 is 0 Å². The lowest BCUT2D eigenvalue weighted by Gasteiger charge is -2.34. The number of hydrogen-bond acceptors (Lipinski definition) is 3. The smallest absolute Gasteiger partial charge is 0.328 e. The number of phenolic OH excluding ortho intramolecular Hbond substituents is 1. The Morgan fingerprint density at radius 1 is 1.32 bits per heavy atom. The Labute approximate surface area is 113 Å². The van der Waals surface area contributed by atoms with Crippen molar-refractivity contribution in [3.8, 4) is 5.75 Å². The fourth-order valence-electron chi connectivity index (χ4n) is 2.74. The van der Waals surface area contributed by atoms with Crippen molar-refractivity contribution in [1.29, 1.82) is 0 Å². The van der Waals surface area contributed by atoms with Crippen LogP contribution in [-0.2, 0) is 10.3 Å². The number of carboxylic acid groups (broad SMARTS) is 1. The molecule has 0 saturated heterocycles. The number of hydrogen-bond donors (Lipinski definition) is 3. The first kappa shape index (κ1) is 13.9. The van der Waals surface area contributed by atoms with Crippen LogP contribution in [0.25, 0.3) is 0 Å². The molecule has 0 spiro atoms. The summed E-state index contributed by atoms with van der Waals surface area (Å²) in [7, 11) is 0. The number of aliphatic carboxylic acids is 1. The summed E-state index contributed by atoms with van der Waals surface area (Å²) in [6, 6.07) is 6.71. The van der Waals surface area contributed by atoms with E-state index in [0.29, 0.717) is 5.56 Å². The van der Waals surface area contributed by atoms with E-state index in [9.17, 15) is 15.0 Å². The third kappa shape index (κ3) is 3.07. The van der Waals surface area contributed by atoms with Crippen LogP contribution in [0.2, 0.25) is 0 Å². The van der Waals surface area contributed by atoms with Gasteiger partial charge in [0.05, 0.1) is 0 Å². The molecule has 1 aliphatic rings. The Morgan fingerprint density at radius 3 is 2.58 bits per heavy atom. The predicted octanol–water partition coefficient (Wildman–Crippen LogP) is 2.61. The Hall–Kier alpha value is -1.55. The summed E-state index contributed by atoms with van der Waals surface area (Å²) in [5.74, 6) is -0.820. The van der Waals surface area contributed by atoms with Gasteiger partial charge in [-0.15, -0.1) is 0 Å². The predicted molar refractivity (Wildman–Crippen MR) is 73.1 cm³/mol. The van der Waals surface area contributed by atoms with Gasteiger partial charge in [-0.25, -0.2) is 4.79 Å². The van der Waals surface area contributed by atoms with Crippen molar-refractivity contribution >= 4 is 5.97 Å². The molecular formula is C15H21NO3. The van der Waals surface area contributed by atoms with E-state index in [4.69, 9.17) is 0 Å². The van der Waals surface area contributed by atoms with Crippen molar-refractivity contribution in [2.45, 2.75) is 50.6 Å². The van der Waals surface area contributed by atoms with Crippen LogP contribution in [0.5, 0.6) is 5.75 Å². The van der Waals surface area contributed by atoms with Crippen LogP contribution >= 0.6 is 0 Å². The quantitative estimate of drug-likeness (QED) is 0.781. The Kier molecular flexibility index (Phi) is 4.10. The van der Waals surface area contributed by atoms with Crippen molar-refractivity contribution in [3.63, 3.8) is 0 Å². The second kappa shape index (κ2) is 5.61. The van der Waals surface area contributed by atoms with Crippen LogP contribution in [0, 0.1) is 0 Å². The highest BCUT2D eigenvalue weighted by atomic mass is 16.4. The third-order valence-corrected chi connectivity index (χ3v) is 3.95. The molecule has 1 aromatic rings. The minimum Gasteiger partial charge on any atom is -0.508 e. The molecule has 0 radical (unpaired) electrons. The standard InChI is InChI=1S/C15H21NO3/c1-15(14(18)19,11-6-5-9-13(17)10-11)16-12-7-3-2-4-8-12/h5-6,9-10,12,16-17H,2-4,7-8H2,1H3,(H,18,19). The number of rotatable bonds is 4. The van der Waals surface area contributed by atoms with Crippen molar-refractivity contribution < 1.29 is 15.0 Å². The summed E-state index contributed by atoms with van der Waals surface area (Å²) < 4.78 is 0. The second-order valence-corrected chi connectivity index (χ2v) is 5.46. The summed E-state index contributed by atoms with van der Waals surface area (Å²) in [5, 5.41) is 22.4. The van der Waals surface area contributed by atoms with Crippen molar-refractivity contribution in [2.24, 2.45) is 0 Å². The summed E-state index contributed by atoms with van der Waals surface area (Å²) in [5.41, 5.74) is -0.564. The van der Waals surface area contributed by atoms with Gasteiger partial charge in [0.15, 0.2) is 0 Å². The van der Waals surface area contributed by atoms with Gasteiger partial charge in [0, 0.05) is 6.04 Å². The van der Waals surface area contributed by atoms with Crippen LogP contribution in [0.15, 0.2) is 24.3 Å².